The summed E-state index contributed by atoms with van der Waals surface area (Å²) in [5, 5.41) is 30.1. The van der Waals surface area contributed by atoms with Crippen molar-refractivity contribution in [3.63, 3.8) is 0 Å². The molecule has 4 rings (SSSR count). The van der Waals surface area contributed by atoms with E-state index in [4.69, 9.17) is 10.4 Å². The molecular weight excluding hydrogens is 391 g/mol. The van der Waals surface area contributed by atoms with Gasteiger partial charge >= 0.3 is 13.1 Å². The molecule has 3 aromatic rings. The van der Waals surface area contributed by atoms with Crippen molar-refractivity contribution in [2.45, 2.75) is 18.9 Å². The second-order valence-corrected chi connectivity index (χ2v) is 6.76. The van der Waals surface area contributed by atoms with Crippen LogP contribution in [0.4, 0.5) is 5.82 Å². The summed E-state index contributed by atoms with van der Waals surface area (Å²) in [6.07, 6.45) is 3.38. The number of carbonyl (C=O) groups is 2. The molecule has 0 saturated carbocycles. The maximum absolute atomic E-state index is 12.4. The van der Waals surface area contributed by atoms with Crippen LogP contribution in [0, 0.1) is 0 Å². The Hall–Kier alpha value is -3.93. The number of nitrogens with two attached hydrogens (primary N) is 1. The highest BCUT2D eigenvalue weighted by molar-refractivity contribution is 6.47. The Labute approximate surface area is 170 Å². The van der Waals surface area contributed by atoms with Crippen LogP contribution in [0.3, 0.4) is 0 Å². The Morgan fingerprint density at radius 3 is 2.90 bits per heavy atom. The molecule has 12 heteroatoms. The average Bonchev–Trinajstić information content (AvgIpc) is 3.16. The molecule has 3 heterocycles. The third kappa shape index (κ3) is 3.94. The molecule has 0 radical (unpaired) electrons. The summed E-state index contributed by atoms with van der Waals surface area (Å²) in [4.78, 5) is 27.7. The van der Waals surface area contributed by atoms with Crippen molar-refractivity contribution >= 4 is 24.8 Å². The maximum Gasteiger partial charge on any atom is 0.547 e. The summed E-state index contributed by atoms with van der Waals surface area (Å²) in [5.74, 6) is -1.80. The average molecular weight is 408 g/mol. The van der Waals surface area contributed by atoms with Gasteiger partial charge in [-0.3, -0.25) is 4.79 Å². The Balaban J connectivity index is 1.42. The van der Waals surface area contributed by atoms with Gasteiger partial charge in [0.05, 0.1) is 17.7 Å². The maximum atomic E-state index is 12.4. The number of hydrogen-bond donors (Lipinski definition) is 4. The Kier molecular flexibility index (Phi) is 5.06. The zero-order valence-electron chi connectivity index (χ0n) is 15.6. The first-order valence-corrected chi connectivity index (χ1v) is 9.02. The van der Waals surface area contributed by atoms with Crippen molar-refractivity contribution in [2.24, 2.45) is 0 Å². The third-order valence-electron chi connectivity index (χ3n) is 4.62. The number of para-hydroxylation sites is 1. The van der Waals surface area contributed by atoms with Crippen LogP contribution in [-0.4, -0.2) is 55.0 Å². The Morgan fingerprint density at radius 2 is 2.17 bits per heavy atom. The molecule has 0 spiro atoms. The van der Waals surface area contributed by atoms with E-state index in [1.165, 1.54) is 10.7 Å². The summed E-state index contributed by atoms with van der Waals surface area (Å²) in [6.45, 7) is -0.124. The molecule has 11 nitrogen and oxygen atoms in total. The van der Waals surface area contributed by atoms with E-state index in [1.54, 1.807) is 36.7 Å². The van der Waals surface area contributed by atoms with Gasteiger partial charge in [-0.2, -0.15) is 0 Å². The minimum Gasteiger partial charge on any atom is -0.534 e. The van der Waals surface area contributed by atoms with E-state index in [0.717, 1.165) is 0 Å². The lowest BCUT2D eigenvalue weighted by molar-refractivity contribution is -0.122. The summed E-state index contributed by atoms with van der Waals surface area (Å²) >= 11 is 0. The first-order chi connectivity index (χ1) is 14.4. The van der Waals surface area contributed by atoms with Crippen molar-refractivity contribution in [3.05, 3.63) is 53.9 Å². The van der Waals surface area contributed by atoms with Gasteiger partial charge in [-0.25, -0.2) is 14.5 Å². The lowest BCUT2D eigenvalue weighted by atomic mass is 9.72. The molecule has 0 bridgehead atoms. The molecule has 30 heavy (non-hydrogen) atoms. The lowest BCUT2D eigenvalue weighted by Crippen LogP contribution is -2.53. The first-order valence-electron chi connectivity index (χ1n) is 9.02. The summed E-state index contributed by atoms with van der Waals surface area (Å²) < 4.78 is 6.72. The Morgan fingerprint density at radius 1 is 1.33 bits per heavy atom. The number of pyridine rings is 1. The van der Waals surface area contributed by atoms with Crippen LogP contribution in [0.1, 0.15) is 15.9 Å². The van der Waals surface area contributed by atoms with Crippen molar-refractivity contribution in [1.82, 2.24) is 25.3 Å². The van der Waals surface area contributed by atoms with Gasteiger partial charge in [0, 0.05) is 11.8 Å². The standard InChI is InChI=1S/C18H17BN6O5/c20-15-5-4-11(7-21-15)13-8-25(24-23-13)9-16(26)22-14-6-10-2-1-3-12(18(27)28)17(10)30-19(14)29/h1-5,7-8,14,29H,6,9H2,(H2,20,21)(H,22,26)(H,27,28)/t14-/m0/s1. The molecule has 1 aromatic carbocycles. The number of nitrogens with one attached hydrogen (secondary N) is 1. The third-order valence-corrected chi connectivity index (χ3v) is 4.62. The zero-order valence-corrected chi connectivity index (χ0v) is 15.6. The van der Waals surface area contributed by atoms with Crippen LogP contribution in [0.5, 0.6) is 5.75 Å². The molecule has 0 aliphatic carbocycles. The van der Waals surface area contributed by atoms with Gasteiger partial charge in [0.2, 0.25) is 5.91 Å². The molecule has 0 saturated heterocycles. The highest BCUT2D eigenvalue weighted by Crippen LogP contribution is 2.30. The quantitative estimate of drug-likeness (QED) is 0.417. The van der Waals surface area contributed by atoms with Gasteiger partial charge in [0.1, 0.15) is 23.8 Å². The van der Waals surface area contributed by atoms with E-state index < -0.39 is 24.9 Å². The van der Waals surface area contributed by atoms with Crippen LogP contribution < -0.4 is 15.7 Å². The number of carboxylic acid groups (broad SMARTS) is 1. The minimum absolute atomic E-state index is 0.0383. The monoisotopic (exact) mass is 408 g/mol. The number of aromatic nitrogens is 4. The number of aromatic carboxylic acids is 1. The van der Waals surface area contributed by atoms with E-state index in [-0.39, 0.29) is 24.3 Å². The molecule has 1 aliphatic rings. The van der Waals surface area contributed by atoms with Crippen molar-refractivity contribution < 1.29 is 24.4 Å². The number of rotatable bonds is 5. The minimum atomic E-state index is -1.38. The number of nitrogen functional groups attached to an aromatic ring is 1. The summed E-state index contributed by atoms with van der Waals surface area (Å²) in [5.41, 5.74) is 7.35. The fraction of sp³-hybridized carbons (Fsp3) is 0.167. The number of benzene rings is 1. The predicted molar refractivity (Wildman–Crippen MR) is 105 cm³/mol. The van der Waals surface area contributed by atoms with E-state index in [2.05, 4.69) is 20.6 Å². The van der Waals surface area contributed by atoms with Gasteiger partial charge < -0.3 is 25.8 Å². The summed E-state index contributed by atoms with van der Waals surface area (Å²) in [6, 6.07) is 8.06. The highest BCUT2D eigenvalue weighted by atomic mass is 16.5. The van der Waals surface area contributed by atoms with Crippen LogP contribution >= 0.6 is 0 Å². The largest absolute Gasteiger partial charge is 0.547 e. The van der Waals surface area contributed by atoms with Crippen LogP contribution in [0.25, 0.3) is 11.3 Å². The molecule has 152 valence electrons. The molecular formula is C18H17BN6O5. The van der Waals surface area contributed by atoms with Gasteiger partial charge in [-0.1, -0.05) is 17.3 Å². The van der Waals surface area contributed by atoms with Crippen LogP contribution in [0.15, 0.2) is 42.7 Å². The smallest absolute Gasteiger partial charge is 0.534 e. The van der Waals surface area contributed by atoms with Gasteiger partial charge in [0.15, 0.2) is 0 Å². The first kappa shape index (κ1) is 19.4. The van der Waals surface area contributed by atoms with E-state index in [9.17, 15) is 19.7 Å². The molecule has 0 fully saturated rings. The SMILES string of the molecule is Nc1ccc(-c2cn(CC(=O)N[C@H]3Cc4cccc(C(=O)O)c4OB3O)nn2)cn1. The number of hydrogen-bond acceptors (Lipinski definition) is 8. The number of nitrogens with zero attached hydrogens (tertiary/aromatic N) is 4. The number of amides is 1. The van der Waals surface area contributed by atoms with E-state index >= 15 is 0 Å². The molecule has 1 amide bonds. The molecule has 1 aliphatic heterocycles. The van der Waals surface area contributed by atoms with Gasteiger partial charge in [-0.15, -0.1) is 5.10 Å². The van der Waals surface area contributed by atoms with Gasteiger partial charge in [0.25, 0.3) is 0 Å². The number of anilines is 1. The molecule has 5 N–H and O–H groups in total. The van der Waals surface area contributed by atoms with Gasteiger partial charge in [-0.05, 0) is 30.2 Å². The topological polar surface area (TPSA) is 165 Å². The zero-order chi connectivity index (χ0) is 21.3. The fourth-order valence-electron chi connectivity index (χ4n) is 3.18. The van der Waals surface area contributed by atoms with E-state index in [0.29, 0.717) is 22.6 Å². The van der Waals surface area contributed by atoms with Crippen molar-refractivity contribution in [2.75, 3.05) is 5.73 Å². The van der Waals surface area contributed by atoms with Crippen molar-refractivity contribution in [1.29, 1.82) is 0 Å². The highest BCUT2D eigenvalue weighted by Gasteiger charge is 2.37. The molecule has 0 unspecified atom stereocenters. The number of carboxylic acids is 1. The normalized spacial score (nSPS) is 15.2. The van der Waals surface area contributed by atoms with E-state index in [1.807, 2.05) is 0 Å². The Bertz CT molecular complexity index is 1100. The fourth-order valence-corrected chi connectivity index (χ4v) is 3.18. The predicted octanol–water partition coefficient (Wildman–Crippen LogP) is -0.240. The van der Waals surface area contributed by atoms with Crippen molar-refractivity contribution in [3.8, 4) is 17.0 Å². The second-order valence-electron chi connectivity index (χ2n) is 6.76. The van der Waals surface area contributed by atoms with Crippen LogP contribution in [-0.2, 0) is 17.8 Å². The second kappa shape index (κ2) is 7.83. The number of fused-ring (bicyclic) bond motifs is 1. The van der Waals surface area contributed by atoms with Crippen LogP contribution in [0.2, 0.25) is 0 Å². The number of carbonyl (C=O) groups excluding carboxylic acids is 1. The summed E-state index contributed by atoms with van der Waals surface area (Å²) in [7, 11) is -1.38. The molecule has 1 atom stereocenters. The molecule has 2 aromatic heterocycles. The lowest BCUT2D eigenvalue weighted by Gasteiger charge is -2.28.